The Hall–Kier alpha value is -1.27. The van der Waals surface area contributed by atoms with Crippen molar-refractivity contribution in [1.82, 2.24) is 4.72 Å². The van der Waals surface area contributed by atoms with E-state index < -0.39 is 10.0 Å². The lowest BCUT2D eigenvalue weighted by atomic mass is 9.88. The Morgan fingerprint density at radius 2 is 1.92 bits per heavy atom. The Bertz CT molecular complexity index is 869. The van der Waals surface area contributed by atoms with Crippen LogP contribution in [-0.2, 0) is 22.2 Å². The number of sulfonamides is 1. The minimum Gasteiger partial charge on any atom is -0.399 e. The highest BCUT2D eigenvalue weighted by Crippen LogP contribution is 2.32. The molecule has 0 aromatic heterocycles. The first-order valence-corrected chi connectivity index (χ1v) is 10.1. The molecule has 0 spiro atoms. The van der Waals surface area contributed by atoms with Gasteiger partial charge in [0.25, 0.3) is 0 Å². The Morgan fingerprint density at radius 1 is 1.12 bits per heavy atom. The van der Waals surface area contributed by atoms with Crippen molar-refractivity contribution in [1.29, 1.82) is 0 Å². The van der Waals surface area contributed by atoms with Crippen LogP contribution in [0.25, 0.3) is 0 Å². The highest BCUT2D eigenvalue weighted by atomic mass is 35.5. The van der Waals surface area contributed by atoms with E-state index >= 15 is 0 Å². The highest BCUT2D eigenvalue weighted by molar-refractivity contribution is 7.88. The lowest BCUT2D eigenvalue weighted by molar-refractivity contribution is 0.507. The van der Waals surface area contributed by atoms with Crippen LogP contribution in [-0.4, -0.2) is 8.42 Å². The third kappa shape index (κ3) is 4.03. The minimum absolute atomic E-state index is 0.134. The average Bonchev–Trinajstić information content (AvgIpc) is 2.50. The lowest BCUT2D eigenvalue weighted by Gasteiger charge is -2.26. The van der Waals surface area contributed by atoms with Crippen molar-refractivity contribution < 1.29 is 8.42 Å². The summed E-state index contributed by atoms with van der Waals surface area (Å²) in [5, 5.41) is 0.757. The zero-order valence-electron chi connectivity index (χ0n) is 12.9. The number of rotatable bonds is 4. The number of hydrogen-bond acceptors (Lipinski definition) is 3. The lowest BCUT2D eigenvalue weighted by Crippen LogP contribution is -2.32. The molecule has 1 aliphatic rings. The second-order valence-electron chi connectivity index (χ2n) is 6.03. The van der Waals surface area contributed by atoms with Crippen LogP contribution >= 0.6 is 23.2 Å². The molecule has 0 amide bonds. The van der Waals surface area contributed by atoms with Crippen molar-refractivity contribution in [2.75, 3.05) is 5.73 Å². The van der Waals surface area contributed by atoms with Gasteiger partial charge in [0.15, 0.2) is 0 Å². The molecule has 1 aliphatic carbocycles. The smallest absolute Gasteiger partial charge is 0.216 e. The fourth-order valence-electron chi connectivity index (χ4n) is 3.06. The van der Waals surface area contributed by atoms with Crippen LogP contribution in [0.15, 0.2) is 36.4 Å². The SMILES string of the molecule is Nc1ccc2c(c1)CCCC2NS(=O)(=O)Cc1ccc(Cl)c(Cl)c1. The van der Waals surface area contributed by atoms with Crippen LogP contribution in [0.4, 0.5) is 5.69 Å². The molecule has 3 rings (SSSR count). The molecule has 0 aliphatic heterocycles. The van der Waals surface area contributed by atoms with Crippen LogP contribution in [0.3, 0.4) is 0 Å². The van der Waals surface area contributed by atoms with E-state index in [4.69, 9.17) is 28.9 Å². The fraction of sp³-hybridized carbons (Fsp3) is 0.294. The summed E-state index contributed by atoms with van der Waals surface area (Å²) in [6.45, 7) is 0. The van der Waals surface area contributed by atoms with Crippen LogP contribution in [0.5, 0.6) is 0 Å². The zero-order chi connectivity index (χ0) is 17.3. The second-order valence-corrected chi connectivity index (χ2v) is 8.60. The van der Waals surface area contributed by atoms with Crippen molar-refractivity contribution in [3.8, 4) is 0 Å². The van der Waals surface area contributed by atoms with Crippen LogP contribution in [0.1, 0.15) is 35.6 Å². The van der Waals surface area contributed by atoms with Crippen LogP contribution in [0.2, 0.25) is 10.0 Å². The zero-order valence-corrected chi connectivity index (χ0v) is 15.3. The minimum atomic E-state index is -3.50. The summed E-state index contributed by atoms with van der Waals surface area (Å²) in [6.07, 6.45) is 2.62. The number of nitrogen functional groups attached to an aromatic ring is 1. The summed E-state index contributed by atoms with van der Waals surface area (Å²) >= 11 is 11.8. The Kier molecular flexibility index (Phi) is 5.06. The van der Waals surface area contributed by atoms with Gasteiger partial charge in [0.1, 0.15) is 0 Å². The molecule has 2 aromatic rings. The molecular weight excluding hydrogens is 367 g/mol. The maximum absolute atomic E-state index is 12.5. The number of fused-ring (bicyclic) bond motifs is 1. The molecule has 0 bridgehead atoms. The molecule has 1 atom stereocenters. The monoisotopic (exact) mass is 384 g/mol. The normalized spacial score (nSPS) is 17.5. The highest BCUT2D eigenvalue weighted by Gasteiger charge is 2.25. The molecule has 24 heavy (non-hydrogen) atoms. The van der Waals surface area contributed by atoms with Crippen molar-refractivity contribution in [2.24, 2.45) is 0 Å². The van der Waals surface area contributed by atoms with Crippen molar-refractivity contribution in [3.05, 3.63) is 63.1 Å². The summed E-state index contributed by atoms with van der Waals surface area (Å²) in [6, 6.07) is 10.3. The summed E-state index contributed by atoms with van der Waals surface area (Å²) in [5.41, 5.74) is 9.25. The summed E-state index contributed by atoms with van der Waals surface area (Å²) in [4.78, 5) is 0. The topological polar surface area (TPSA) is 72.2 Å². The third-order valence-electron chi connectivity index (χ3n) is 4.14. The second kappa shape index (κ2) is 6.92. The predicted molar refractivity (Wildman–Crippen MR) is 98.8 cm³/mol. The molecule has 128 valence electrons. The van der Waals surface area contributed by atoms with Gasteiger partial charge in [-0.05, 0) is 60.2 Å². The number of halogens is 2. The fourth-order valence-corrected chi connectivity index (χ4v) is 4.76. The molecule has 4 nitrogen and oxygen atoms in total. The number of benzene rings is 2. The van der Waals surface area contributed by atoms with Gasteiger partial charge in [-0.15, -0.1) is 0 Å². The van der Waals surface area contributed by atoms with Gasteiger partial charge in [0.05, 0.1) is 15.8 Å². The van der Waals surface area contributed by atoms with E-state index in [1.165, 1.54) is 0 Å². The molecule has 0 saturated carbocycles. The average molecular weight is 385 g/mol. The first-order valence-electron chi connectivity index (χ1n) is 7.66. The maximum atomic E-state index is 12.5. The van der Waals surface area contributed by atoms with Gasteiger partial charge in [0, 0.05) is 11.7 Å². The molecule has 2 aromatic carbocycles. The summed E-state index contributed by atoms with van der Waals surface area (Å²) in [7, 11) is -3.50. The number of hydrogen-bond donors (Lipinski definition) is 2. The molecule has 0 heterocycles. The number of aryl methyl sites for hydroxylation is 1. The van der Waals surface area contributed by atoms with Crippen molar-refractivity contribution in [2.45, 2.75) is 31.1 Å². The van der Waals surface area contributed by atoms with E-state index in [-0.39, 0.29) is 11.8 Å². The van der Waals surface area contributed by atoms with Gasteiger partial charge in [-0.1, -0.05) is 35.3 Å². The third-order valence-corrected chi connectivity index (χ3v) is 6.24. The molecule has 1 unspecified atom stereocenters. The Morgan fingerprint density at radius 3 is 2.67 bits per heavy atom. The van der Waals surface area contributed by atoms with E-state index in [0.29, 0.717) is 21.3 Å². The van der Waals surface area contributed by atoms with Gasteiger partial charge in [0.2, 0.25) is 10.0 Å². The van der Waals surface area contributed by atoms with E-state index in [1.807, 2.05) is 18.2 Å². The Balaban J connectivity index is 1.79. The number of anilines is 1. The van der Waals surface area contributed by atoms with Gasteiger partial charge >= 0.3 is 0 Å². The molecule has 0 fully saturated rings. The van der Waals surface area contributed by atoms with Gasteiger partial charge in [-0.2, -0.15) is 0 Å². The molecule has 0 saturated heterocycles. The van der Waals surface area contributed by atoms with Gasteiger partial charge < -0.3 is 5.73 Å². The van der Waals surface area contributed by atoms with Crippen LogP contribution < -0.4 is 10.5 Å². The van der Waals surface area contributed by atoms with Crippen molar-refractivity contribution in [3.63, 3.8) is 0 Å². The molecule has 0 radical (unpaired) electrons. The van der Waals surface area contributed by atoms with E-state index in [2.05, 4.69) is 4.72 Å². The summed E-state index contributed by atoms with van der Waals surface area (Å²) < 4.78 is 27.9. The largest absolute Gasteiger partial charge is 0.399 e. The quantitative estimate of drug-likeness (QED) is 0.780. The van der Waals surface area contributed by atoms with E-state index in [9.17, 15) is 8.42 Å². The molecular formula is C17H18Cl2N2O2S. The van der Waals surface area contributed by atoms with Gasteiger partial charge in [-0.25, -0.2) is 13.1 Å². The molecule has 7 heteroatoms. The molecule has 3 N–H and O–H groups in total. The van der Waals surface area contributed by atoms with Gasteiger partial charge in [-0.3, -0.25) is 0 Å². The first kappa shape index (κ1) is 17.5. The summed E-state index contributed by atoms with van der Waals surface area (Å²) in [5.74, 6) is -0.134. The Labute approximate surface area is 152 Å². The van der Waals surface area contributed by atoms with Crippen LogP contribution in [0, 0.1) is 0 Å². The predicted octanol–water partition coefficient (Wildman–Crippen LogP) is 4.07. The number of nitrogens with one attached hydrogen (secondary N) is 1. The maximum Gasteiger partial charge on any atom is 0.216 e. The number of nitrogens with two attached hydrogens (primary N) is 1. The van der Waals surface area contributed by atoms with E-state index in [0.717, 1.165) is 30.4 Å². The first-order chi connectivity index (χ1) is 11.3. The standard InChI is InChI=1S/C17H18Cl2N2O2S/c18-15-7-4-11(8-16(15)19)10-24(22,23)21-17-3-1-2-12-9-13(20)5-6-14(12)17/h4-9,17,21H,1-3,10,20H2. The van der Waals surface area contributed by atoms with Crippen molar-refractivity contribution >= 4 is 38.9 Å². The van der Waals surface area contributed by atoms with E-state index in [1.54, 1.807) is 18.2 Å².